The standard InChI is InChI=1S/C16H20O2S/c1-5-10-15-12(3)16(15,13(15)4)19(17,18)14-8-6-11(2)7-9-14/h5-9,12-13H,1,10H2,2-4H3/t12-,13+,15?,16?. The second-order valence-electron chi connectivity index (χ2n) is 6.09. The molecule has 0 spiro atoms. The number of sulfone groups is 1. The van der Waals surface area contributed by atoms with Gasteiger partial charge in [0.2, 0.25) is 0 Å². The van der Waals surface area contributed by atoms with Crippen LogP contribution in [0.3, 0.4) is 0 Å². The van der Waals surface area contributed by atoms with E-state index in [0.29, 0.717) is 4.90 Å². The maximum Gasteiger partial charge on any atom is 0.185 e. The Morgan fingerprint density at radius 1 is 1.21 bits per heavy atom. The molecule has 2 unspecified atom stereocenters. The fraction of sp³-hybridized carbons (Fsp3) is 0.500. The van der Waals surface area contributed by atoms with Crippen molar-refractivity contribution in [2.24, 2.45) is 17.3 Å². The molecule has 2 saturated carbocycles. The van der Waals surface area contributed by atoms with Crippen molar-refractivity contribution in [2.75, 3.05) is 0 Å². The van der Waals surface area contributed by atoms with Crippen LogP contribution < -0.4 is 0 Å². The third-order valence-corrected chi connectivity index (χ3v) is 8.52. The number of rotatable bonds is 4. The Hall–Kier alpha value is -1.09. The Bertz CT molecular complexity index is 630. The molecule has 0 heterocycles. The summed E-state index contributed by atoms with van der Waals surface area (Å²) in [7, 11) is -3.23. The van der Waals surface area contributed by atoms with Gasteiger partial charge in [0, 0.05) is 5.41 Å². The van der Waals surface area contributed by atoms with Gasteiger partial charge >= 0.3 is 0 Å². The molecule has 1 aromatic carbocycles. The summed E-state index contributed by atoms with van der Waals surface area (Å²) < 4.78 is 25.3. The lowest BCUT2D eigenvalue weighted by Crippen LogP contribution is -2.22. The number of aryl methyl sites for hydroxylation is 1. The smallest absolute Gasteiger partial charge is 0.185 e. The molecule has 4 atom stereocenters. The van der Waals surface area contributed by atoms with Crippen LogP contribution in [0.5, 0.6) is 0 Å². The Morgan fingerprint density at radius 3 is 2.21 bits per heavy atom. The monoisotopic (exact) mass is 276 g/mol. The molecule has 2 aliphatic carbocycles. The van der Waals surface area contributed by atoms with Crippen LogP contribution in [-0.2, 0) is 9.84 Å². The summed E-state index contributed by atoms with van der Waals surface area (Å²) in [5, 5.41) is 0. The van der Waals surface area contributed by atoms with Crippen LogP contribution in [0, 0.1) is 24.2 Å². The minimum Gasteiger partial charge on any atom is -0.223 e. The van der Waals surface area contributed by atoms with Crippen molar-refractivity contribution in [2.45, 2.75) is 36.8 Å². The molecule has 0 N–H and O–H groups in total. The van der Waals surface area contributed by atoms with E-state index in [1.165, 1.54) is 0 Å². The summed E-state index contributed by atoms with van der Waals surface area (Å²) in [5.74, 6) is 0.499. The lowest BCUT2D eigenvalue weighted by Gasteiger charge is -2.15. The Balaban J connectivity index is 2.04. The summed E-state index contributed by atoms with van der Waals surface area (Å²) in [5.41, 5.74) is 1.04. The van der Waals surface area contributed by atoms with Gasteiger partial charge in [0.25, 0.3) is 0 Å². The molecule has 0 radical (unpaired) electrons. The van der Waals surface area contributed by atoms with Gasteiger partial charge in [-0.1, -0.05) is 37.6 Å². The maximum absolute atomic E-state index is 12.9. The van der Waals surface area contributed by atoms with Crippen molar-refractivity contribution in [1.29, 1.82) is 0 Å². The first kappa shape index (κ1) is 12.9. The Labute approximate surface area is 115 Å². The number of benzene rings is 1. The molecule has 0 bridgehead atoms. The third-order valence-electron chi connectivity index (χ3n) is 5.65. The number of hydrogen-bond acceptors (Lipinski definition) is 2. The lowest BCUT2D eigenvalue weighted by molar-refractivity contribution is 0.423. The first-order valence-corrected chi connectivity index (χ1v) is 8.28. The van der Waals surface area contributed by atoms with Gasteiger partial charge in [0.15, 0.2) is 9.84 Å². The molecule has 0 saturated heterocycles. The summed E-state index contributed by atoms with van der Waals surface area (Å²) >= 11 is 0. The minimum atomic E-state index is -3.23. The number of allylic oxidation sites excluding steroid dienone is 1. The highest BCUT2D eigenvalue weighted by atomic mass is 32.2. The molecule has 0 amide bonds. The van der Waals surface area contributed by atoms with Crippen LogP contribution in [0.4, 0.5) is 0 Å². The van der Waals surface area contributed by atoms with Crippen LogP contribution in [0.15, 0.2) is 41.8 Å². The van der Waals surface area contributed by atoms with E-state index in [1.807, 2.05) is 25.1 Å². The van der Waals surface area contributed by atoms with E-state index in [2.05, 4.69) is 20.4 Å². The molecule has 0 aromatic heterocycles. The van der Waals surface area contributed by atoms with Gasteiger partial charge in [-0.3, -0.25) is 0 Å². The largest absolute Gasteiger partial charge is 0.223 e. The lowest BCUT2D eigenvalue weighted by atomic mass is 9.96. The first-order valence-electron chi connectivity index (χ1n) is 6.79. The molecule has 2 nitrogen and oxygen atoms in total. The normalized spacial score (nSPS) is 39.5. The fourth-order valence-corrected chi connectivity index (χ4v) is 7.60. The molecular formula is C16H20O2S. The van der Waals surface area contributed by atoms with Crippen LogP contribution >= 0.6 is 0 Å². The summed E-state index contributed by atoms with van der Waals surface area (Å²) in [6, 6.07) is 7.24. The van der Waals surface area contributed by atoms with Crippen LogP contribution in [0.25, 0.3) is 0 Å². The quantitative estimate of drug-likeness (QED) is 0.790. The predicted octanol–water partition coefficient (Wildman–Crippen LogP) is 3.37. The van der Waals surface area contributed by atoms with E-state index in [4.69, 9.17) is 0 Å². The van der Waals surface area contributed by atoms with Gasteiger partial charge in [-0.2, -0.15) is 0 Å². The molecular weight excluding hydrogens is 256 g/mol. The molecule has 102 valence electrons. The molecule has 2 aliphatic rings. The van der Waals surface area contributed by atoms with E-state index in [-0.39, 0.29) is 17.3 Å². The van der Waals surface area contributed by atoms with Crippen molar-refractivity contribution >= 4 is 9.84 Å². The van der Waals surface area contributed by atoms with Gasteiger partial charge in [-0.05, 0) is 37.3 Å². The van der Waals surface area contributed by atoms with Crippen molar-refractivity contribution in [1.82, 2.24) is 0 Å². The zero-order valence-corrected chi connectivity index (χ0v) is 12.5. The summed E-state index contributed by atoms with van der Waals surface area (Å²) in [4.78, 5) is 0.472. The topological polar surface area (TPSA) is 34.1 Å². The van der Waals surface area contributed by atoms with Gasteiger partial charge < -0.3 is 0 Å². The van der Waals surface area contributed by atoms with Crippen LogP contribution in [0.2, 0.25) is 0 Å². The van der Waals surface area contributed by atoms with Gasteiger partial charge in [-0.15, -0.1) is 6.58 Å². The van der Waals surface area contributed by atoms with E-state index in [0.717, 1.165) is 12.0 Å². The average molecular weight is 276 g/mol. The first-order chi connectivity index (χ1) is 8.87. The van der Waals surface area contributed by atoms with E-state index in [1.54, 1.807) is 12.1 Å². The highest BCUT2D eigenvalue weighted by molar-refractivity contribution is 7.93. The fourth-order valence-electron chi connectivity index (χ4n) is 4.55. The molecule has 0 aliphatic heterocycles. The Kier molecular flexibility index (Phi) is 2.39. The zero-order chi connectivity index (χ0) is 14.1. The molecule has 1 aromatic rings. The van der Waals surface area contributed by atoms with Crippen molar-refractivity contribution in [3.63, 3.8) is 0 Å². The maximum atomic E-state index is 12.9. The van der Waals surface area contributed by atoms with Crippen LogP contribution in [0.1, 0.15) is 25.8 Å². The van der Waals surface area contributed by atoms with Gasteiger partial charge in [0.05, 0.1) is 9.64 Å². The van der Waals surface area contributed by atoms with Gasteiger partial charge in [0.1, 0.15) is 0 Å². The van der Waals surface area contributed by atoms with E-state index in [9.17, 15) is 8.42 Å². The SMILES string of the molecule is C=CCC12[C@@H](C)C1(S(=O)(=O)c1ccc(C)cc1)[C@H]2C. The summed E-state index contributed by atoms with van der Waals surface area (Å²) in [6.45, 7) is 9.88. The summed E-state index contributed by atoms with van der Waals surface area (Å²) in [6.07, 6.45) is 2.67. The number of hydrogen-bond donors (Lipinski definition) is 0. The van der Waals surface area contributed by atoms with Crippen molar-refractivity contribution in [3.05, 3.63) is 42.5 Å². The highest BCUT2D eigenvalue weighted by Crippen LogP contribution is 2.92. The molecule has 19 heavy (non-hydrogen) atoms. The predicted molar refractivity (Wildman–Crippen MR) is 76.7 cm³/mol. The number of fused-ring (bicyclic) bond motifs is 1. The van der Waals surface area contributed by atoms with Crippen molar-refractivity contribution in [3.8, 4) is 0 Å². The second-order valence-corrected chi connectivity index (χ2v) is 8.24. The van der Waals surface area contributed by atoms with Crippen molar-refractivity contribution < 1.29 is 8.42 Å². The van der Waals surface area contributed by atoms with E-state index >= 15 is 0 Å². The highest BCUT2D eigenvalue weighted by Gasteiger charge is 2.98. The second kappa shape index (κ2) is 3.51. The minimum absolute atomic E-state index is 0.0432. The molecule has 3 rings (SSSR count). The molecule has 3 heteroatoms. The van der Waals surface area contributed by atoms with Gasteiger partial charge in [-0.25, -0.2) is 8.42 Å². The molecule has 2 fully saturated rings. The van der Waals surface area contributed by atoms with E-state index < -0.39 is 14.6 Å². The van der Waals surface area contributed by atoms with Crippen LogP contribution in [-0.4, -0.2) is 13.2 Å². The zero-order valence-electron chi connectivity index (χ0n) is 11.7. The average Bonchev–Trinajstić information content (AvgIpc) is 3.14. The Morgan fingerprint density at radius 2 is 1.74 bits per heavy atom. The third kappa shape index (κ3) is 1.16.